The standard InChI is InChI=1S/C15H23NO2S/c1-2-18-14-10-13(17)15(14)5-7-16(8-6-15)11-12-4-3-9-19-12/h3-4,9,13-14,17H,2,5-8,10-11H2,1H3. The Hall–Kier alpha value is -0.420. The lowest BCUT2D eigenvalue weighted by molar-refractivity contribution is -0.209. The summed E-state index contributed by atoms with van der Waals surface area (Å²) in [4.78, 5) is 3.94. The molecule has 1 aliphatic carbocycles. The fraction of sp³-hybridized carbons (Fsp3) is 0.733. The van der Waals surface area contributed by atoms with Crippen molar-refractivity contribution in [2.45, 2.75) is 44.9 Å². The van der Waals surface area contributed by atoms with Crippen molar-refractivity contribution < 1.29 is 9.84 Å². The Morgan fingerprint density at radius 3 is 2.84 bits per heavy atom. The van der Waals surface area contributed by atoms with Crippen molar-refractivity contribution in [3.63, 3.8) is 0 Å². The first-order chi connectivity index (χ1) is 9.24. The maximum Gasteiger partial charge on any atom is 0.0681 e. The zero-order valence-corrected chi connectivity index (χ0v) is 12.4. The lowest BCUT2D eigenvalue weighted by Gasteiger charge is -2.56. The molecule has 3 rings (SSSR count). The summed E-state index contributed by atoms with van der Waals surface area (Å²) in [6.07, 6.45) is 3.12. The zero-order valence-electron chi connectivity index (χ0n) is 11.5. The molecule has 1 saturated carbocycles. The second kappa shape index (κ2) is 5.52. The molecule has 2 fully saturated rings. The van der Waals surface area contributed by atoms with Crippen LogP contribution in [0.1, 0.15) is 31.1 Å². The van der Waals surface area contributed by atoms with Crippen molar-refractivity contribution in [2.75, 3.05) is 19.7 Å². The highest BCUT2D eigenvalue weighted by Gasteiger charge is 2.55. The molecule has 1 aliphatic heterocycles. The Labute approximate surface area is 119 Å². The minimum Gasteiger partial charge on any atom is -0.392 e. The molecule has 1 saturated heterocycles. The third kappa shape index (κ3) is 2.47. The van der Waals surface area contributed by atoms with E-state index in [1.54, 1.807) is 0 Å². The van der Waals surface area contributed by atoms with Crippen LogP contribution in [0.25, 0.3) is 0 Å². The average molecular weight is 281 g/mol. The minimum absolute atomic E-state index is 0.0575. The van der Waals surface area contributed by atoms with E-state index in [1.807, 2.05) is 18.3 Å². The molecule has 2 heterocycles. The highest BCUT2D eigenvalue weighted by Crippen LogP contribution is 2.51. The van der Waals surface area contributed by atoms with E-state index < -0.39 is 0 Å². The molecule has 2 atom stereocenters. The van der Waals surface area contributed by atoms with Gasteiger partial charge in [0, 0.05) is 29.9 Å². The Balaban J connectivity index is 1.56. The summed E-state index contributed by atoms with van der Waals surface area (Å²) in [6.45, 7) is 6.03. The van der Waals surface area contributed by atoms with Gasteiger partial charge in [-0.15, -0.1) is 11.3 Å². The molecule has 0 amide bonds. The third-order valence-corrected chi connectivity index (χ3v) is 5.72. The number of rotatable bonds is 4. The number of aliphatic hydroxyl groups is 1. The molecule has 2 aliphatic rings. The highest BCUT2D eigenvalue weighted by atomic mass is 32.1. The molecule has 4 heteroatoms. The first kappa shape index (κ1) is 13.6. The first-order valence-electron chi connectivity index (χ1n) is 7.29. The summed E-state index contributed by atoms with van der Waals surface area (Å²) in [5.41, 5.74) is 0.0575. The maximum atomic E-state index is 10.2. The Bertz CT molecular complexity index is 396. The van der Waals surface area contributed by atoms with E-state index in [9.17, 15) is 5.11 Å². The minimum atomic E-state index is -0.145. The van der Waals surface area contributed by atoms with E-state index in [4.69, 9.17) is 4.74 Å². The Kier molecular flexibility index (Phi) is 3.94. The molecular formula is C15H23NO2S. The lowest BCUT2D eigenvalue weighted by Crippen LogP contribution is -2.62. The van der Waals surface area contributed by atoms with E-state index in [-0.39, 0.29) is 17.6 Å². The molecule has 0 aromatic carbocycles. The van der Waals surface area contributed by atoms with Crippen LogP contribution in [0.15, 0.2) is 17.5 Å². The van der Waals surface area contributed by atoms with Crippen molar-refractivity contribution in [2.24, 2.45) is 5.41 Å². The monoisotopic (exact) mass is 281 g/mol. The van der Waals surface area contributed by atoms with Gasteiger partial charge in [0.1, 0.15) is 0 Å². The molecule has 2 unspecified atom stereocenters. The predicted octanol–water partition coefficient (Wildman–Crippen LogP) is 2.50. The number of hydrogen-bond acceptors (Lipinski definition) is 4. The van der Waals surface area contributed by atoms with Crippen LogP contribution in [0, 0.1) is 5.41 Å². The molecule has 106 valence electrons. The van der Waals surface area contributed by atoms with Gasteiger partial charge >= 0.3 is 0 Å². The largest absolute Gasteiger partial charge is 0.392 e. The van der Waals surface area contributed by atoms with Crippen molar-refractivity contribution in [3.05, 3.63) is 22.4 Å². The van der Waals surface area contributed by atoms with Crippen LogP contribution in [0.2, 0.25) is 0 Å². The smallest absolute Gasteiger partial charge is 0.0681 e. The first-order valence-corrected chi connectivity index (χ1v) is 8.17. The fourth-order valence-electron chi connectivity index (χ4n) is 3.57. The molecule has 0 bridgehead atoms. The molecule has 3 nitrogen and oxygen atoms in total. The summed E-state index contributed by atoms with van der Waals surface area (Å²) >= 11 is 1.83. The highest BCUT2D eigenvalue weighted by molar-refractivity contribution is 7.09. The average Bonchev–Trinajstić information content (AvgIpc) is 2.92. The summed E-state index contributed by atoms with van der Waals surface area (Å²) in [7, 11) is 0. The van der Waals surface area contributed by atoms with Crippen molar-refractivity contribution >= 4 is 11.3 Å². The number of hydrogen-bond donors (Lipinski definition) is 1. The van der Waals surface area contributed by atoms with Gasteiger partial charge in [-0.3, -0.25) is 4.90 Å². The van der Waals surface area contributed by atoms with Crippen LogP contribution in [-0.4, -0.2) is 41.9 Å². The van der Waals surface area contributed by atoms with E-state index in [1.165, 1.54) is 4.88 Å². The second-order valence-corrected chi connectivity index (χ2v) is 6.82. The van der Waals surface area contributed by atoms with Crippen LogP contribution >= 0.6 is 11.3 Å². The number of likely N-dealkylation sites (tertiary alicyclic amines) is 1. The van der Waals surface area contributed by atoms with Crippen LogP contribution in [0.4, 0.5) is 0 Å². The number of thiophene rings is 1. The predicted molar refractivity (Wildman–Crippen MR) is 77.3 cm³/mol. The second-order valence-electron chi connectivity index (χ2n) is 5.78. The number of aliphatic hydroxyl groups excluding tert-OH is 1. The molecular weight excluding hydrogens is 258 g/mol. The molecule has 1 aromatic rings. The van der Waals surface area contributed by atoms with Gasteiger partial charge in [-0.2, -0.15) is 0 Å². The van der Waals surface area contributed by atoms with E-state index in [0.29, 0.717) is 0 Å². The van der Waals surface area contributed by atoms with E-state index in [2.05, 4.69) is 22.4 Å². The molecule has 19 heavy (non-hydrogen) atoms. The quantitative estimate of drug-likeness (QED) is 0.920. The van der Waals surface area contributed by atoms with E-state index >= 15 is 0 Å². The Morgan fingerprint density at radius 1 is 1.47 bits per heavy atom. The third-order valence-electron chi connectivity index (χ3n) is 4.86. The normalized spacial score (nSPS) is 30.4. The molecule has 1 N–H and O–H groups in total. The van der Waals surface area contributed by atoms with Crippen LogP contribution in [-0.2, 0) is 11.3 Å². The van der Waals surface area contributed by atoms with Crippen molar-refractivity contribution in [1.29, 1.82) is 0 Å². The van der Waals surface area contributed by atoms with Crippen LogP contribution < -0.4 is 0 Å². The summed E-state index contributed by atoms with van der Waals surface area (Å²) in [5, 5.41) is 12.3. The van der Waals surface area contributed by atoms with Crippen molar-refractivity contribution in [1.82, 2.24) is 4.90 Å². The van der Waals surface area contributed by atoms with E-state index in [0.717, 1.165) is 45.5 Å². The van der Waals surface area contributed by atoms with Gasteiger partial charge in [0.25, 0.3) is 0 Å². The topological polar surface area (TPSA) is 32.7 Å². The van der Waals surface area contributed by atoms with Crippen LogP contribution in [0.3, 0.4) is 0 Å². The van der Waals surface area contributed by atoms with Gasteiger partial charge in [-0.1, -0.05) is 6.07 Å². The van der Waals surface area contributed by atoms with Gasteiger partial charge in [-0.25, -0.2) is 0 Å². The molecule has 1 aromatic heterocycles. The lowest BCUT2D eigenvalue weighted by atomic mass is 9.58. The summed E-state index contributed by atoms with van der Waals surface area (Å²) in [6, 6.07) is 4.32. The SMILES string of the molecule is CCOC1CC(O)C12CCN(Cc1cccs1)CC2. The van der Waals surface area contributed by atoms with Crippen LogP contribution in [0.5, 0.6) is 0 Å². The van der Waals surface area contributed by atoms with Gasteiger partial charge in [0.05, 0.1) is 12.2 Å². The Morgan fingerprint density at radius 2 is 2.26 bits per heavy atom. The molecule has 1 spiro atoms. The summed E-state index contributed by atoms with van der Waals surface area (Å²) in [5.74, 6) is 0. The number of nitrogens with zero attached hydrogens (tertiary/aromatic N) is 1. The van der Waals surface area contributed by atoms with Gasteiger partial charge in [0.15, 0.2) is 0 Å². The van der Waals surface area contributed by atoms with Gasteiger partial charge in [-0.05, 0) is 44.3 Å². The van der Waals surface area contributed by atoms with Crippen molar-refractivity contribution in [3.8, 4) is 0 Å². The molecule has 0 radical (unpaired) electrons. The summed E-state index contributed by atoms with van der Waals surface area (Å²) < 4.78 is 5.81. The maximum absolute atomic E-state index is 10.2. The van der Waals surface area contributed by atoms with Gasteiger partial charge < -0.3 is 9.84 Å². The number of piperidine rings is 1. The fourth-order valence-corrected chi connectivity index (χ4v) is 4.31. The zero-order chi connectivity index (χ0) is 13.3. The number of ether oxygens (including phenoxy) is 1. The van der Waals surface area contributed by atoms with Gasteiger partial charge in [0.2, 0.25) is 0 Å².